The van der Waals surface area contributed by atoms with E-state index < -0.39 is 0 Å². The molecular formula is C14H11N5OS. The zero-order valence-corrected chi connectivity index (χ0v) is 12.0. The first-order chi connectivity index (χ1) is 10.2. The molecule has 0 aliphatic carbocycles. The lowest BCUT2D eigenvalue weighted by molar-refractivity contribution is -0.00299. The van der Waals surface area contributed by atoms with Gasteiger partial charge in [0, 0.05) is 25.0 Å². The average Bonchev–Trinajstić information content (AvgIpc) is 3.10. The van der Waals surface area contributed by atoms with Crippen molar-refractivity contribution in [2.75, 3.05) is 0 Å². The first-order valence-corrected chi connectivity index (χ1v) is 7.18. The van der Waals surface area contributed by atoms with Gasteiger partial charge >= 0.3 is 5.71 Å². The van der Waals surface area contributed by atoms with E-state index in [9.17, 15) is 10.3 Å². The summed E-state index contributed by atoms with van der Waals surface area (Å²) in [4.78, 5) is 24.9. The molecule has 3 heterocycles. The minimum absolute atomic E-state index is 0.0820. The number of hydrogen-bond donors (Lipinski definition) is 0. The van der Waals surface area contributed by atoms with Crippen molar-refractivity contribution in [3.05, 3.63) is 58.7 Å². The van der Waals surface area contributed by atoms with Gasteiger partial charge in [0.2, 0.25) is 0 Å². The van der Waals surface area contributed by atoms with E-state index in [-0.39, 0.29) is 5.78 Å². The van der Waals surface area contributed by atoms with Gasteiger partial charge in [0.1, 0.15) is 11.2 Å². The molecule has 0 saturated carbocycles. The predicted octanol–water partition coefficient (Wildman–Crippen LogP) is 2.45. The number of Topliss-reactive ketones (excluding diaryl/α,β-unsaturated/α-hetero) is 1. The number of aromatic nitrogens is 3. The van der Waals surface area contributed by atoms with Crippen LogP contribution in [0, 0.1) is 0 Å². The first-order valence-electron chi connectivity index (χ1n) is 6.37. The summed E-state index contributed by atoms with van der Waals surface area (Å²) < 4.78 is 1.77. The van der Waals surface area contributed by atoms with Crippen LogP contribution in [-0.2, 0) is 0 Å². The van der Waals surface area contributed by atoms with Gasteiger partial charge in [0.25, 0.3) is 0 Å². The summed E-state index contributed by atoms with van der Waals surface area (Å²) in [6, 6.07) is 3.55. The van der Waals surface area contributed by atoms with Crippen molar-refractivity contribution in [2.24, 2.45) is 0 Å². The Bertz CT molecular complexity index is 858. The van der Waals surface area contributed by atoms with Crippen LogP contribution in [0.2, 0.25) is 0 Å². The molecule has 0 amide bonds. The highest BCUT2D eigenvalue weighted by molar-refractivity contribution is 7.19. The van der Waals surface area contributed by atoms with E-state index in [1.54, 1.807) is 41.5 Å². The van der Waals surface area contributed by atoms with Crippen LogP contribution in [0.25, 0.3) is 10.4 Å². The summed E-state index contributed by atoms with van der Waals surface area (Å²) in [7, 11) is 0. The number of ketones is 1. The summed E-state index contributed by atoms with van der Waals surface area (Å²) >= 11 is 1.34. The number of carbonyl (C=O) groups is 1. The lowest BCUT2D eigenvalue weighted by atomic mass is 10.1. The van der Waals surface area contributed by atoms with Crippen molar-refractivity contribution in [1.29, 1.82) is 0 Å². The van der Waals surface area contributed by atoms with E-state index in [0.29, 0.717) is 28.3 Å². The molecule has 21 heavy (non-hydrogen) atoms. The first kappa shape index (κ1) is 13.4. The third kappa shape index (κ3) is 2.29. The maximum absolute atomic E-state index is 11.8. The molecule has 0 aliphatic heterocycles. The molecule has 0 N–H and O–H groups in total. The zero-order valence-electron chi connectivity index (χ0n) is 11.2. The summed E-state index contributed by atoms with van der Waals surface area (Å²) in [5.74, 6) is 0.0820. The Hall–Kier alpha value is -2.63. The van der Waals surface area contributed by atoms with Crippen LogP contribution < -0.4 is 0 Å². The van der Waals surface area contributed by atoms with Crippen LogP contribution >= 0.6 is 11.3 Å². The van der Waals surface area contributed by atoms with Crippen molar-refractivity contribution < 1.29 is 9.58 Å². The van der Waals surface area contributed by atoms with E-state index in [2.05, 4.69) is 14.8 Å². The van der Waals surface area contributed by atoms with Crippen molar-refractivity contribution in [3.8, 4) is 0 Å². The second-order valence-electron chi connectivity index (χ2n) is 4.37. The van der Waals surface area contributed by atoms with Crippen molar-refractivity contribution in [2.45, 2.75) is 13.3 Å². The maximum atomic E-state index is 11.8. The van der Waals surface area contributed by atoms with Gasteiger partial charge in [-0.05, 0) is 12.1 Å². The Morgan fingerprint density at radius 1 is 1.52 bits per heavy atom. The van der Waals surface area contributed by atoms with Crippen LogP contribution in [0.1, 0.15) is 34.3 Å². The highest BCUT2D eigenvalue weighted by atomic mass is 32.1. The summed E-state index contributed by atoms with van der Waals surface area (Å²) in [5.41, 5.74) is 10.9. The van der Waals surface area contributed by atoms with Crippen molar-refractivity contribution in [1.82, 2.24) is 14.4 Å². The molecule has 3 aromatic heterocycles. The Kier molecular flexibility index (Phi) is 3.43. The molecule has 104 valence electrons. The zero-order chi connectivity index (χ0) is 14.8. The Morgan fingerprint density at radius 3 is 3.05 bits per heavy atom. The number of pyridine rings is 1. The molecule has 0 aliphatic rings. The second-order valence-corrected chi connectivity index (χ2v) is 5.40. The van der Waals surface area contributed by atoms with Crippen molar-refractivity contribution >= 4 is 27.7 Å². The van der Waals surface area contributed by atoms with E-state index in [1.807, 2.05) is 6.92 Å². The SMILES string of the molecule is CCC(=O)c1cn2cnc(C(=[N+]=[N-])c3cccnc3)c2s1. The van der Waals surface area contributed by atoms with Crippen LogP contribution in [0.15, 0.2) is 37.1 Å². The number of imidazole rings is 1. The Morgan fingerprint density at radius 2 is 2.38 bits per heavy atom. The van der Waals surface area contributed by atoms with Gasteiger partial charge in [-0.15, -0.1) is 11.3 Å². The fourth-order valence-electron chi connectivity index (χ4n) is 2.01. The standard InChI is InChI=1S/C14H11N5OS/c1-2-10(20)11-7-19-8-17-13(14(19)21-11)12(18-15)9-4-3-5-16-6-9/h3-8H,2H2,1H3. The predicted molar refractivity (Wildman–Crippen MR) is 78.8 cm³/mol. The number of thiazole rings is 1. The van der Waals surface area contributed by atoms with Gasteiger partial charge < -0.3 is 5.53 Å². The van der Waals surface area contributed by atoms with Gasteiger partial charge in [-0.2, -0.15) is 4.79 Å². The highest BCUT2D eigenvalue weighted by Crippen LogP contribution is 2.24. The van der Waals surface area contributed by atoms with E-state index in [4.69, 9.17) is 0 Å². The smallest absolute Gasteiger partial charge is 0.352 e. The Labute approximate surface area is 124 Å². The summed E-state index contributed by atoms with van der Waals surface area (Å²) in [6.07, 6.45) is 7.06. The van der Waals surface area contributed by atoms with Gasteiger partial charge in [-0.1, -0.05) is 6.92 Å². The molecular weight excluding hydrogens is 286 g/mol. The average molecular weight is 297 g/mol. The van der Waals surface area contributed by atoms with Gasteiger partial charge in [0.05, 0.1) is 10.4 Å². The Balaban J connectivity index is 2.14. The molecule has 3 rings (SSSR count). The molecule has 7 heteroatoms. The molecule has 3 aromatic rings. The maximum Gasteiger partial charge on any atom is 0.352 e. The number of fused-ring (bicyclic) bond motifs is 1. The normalized spacial score (nSPS) is 10.5. The van der Waals surface area contributed by atoms with Crippen LogP contribution in [0.3, 0.4) is 0 Å². The summed E-state index contributed by atoms with van der Waals surface area (Å²) in [6.45, 7) is 1.83. The number of nitrogens with zero attached hydrogens (tertiary/aromatic N) is 5. The van der Waals surface area contributed by atoms with Gasteiger partial charge in [-0.3, -0.25) is 14.2 Å². The van der Waals surface area contributed by atoms with Gasteiger partial charge in [0.15, 0.2) is 11.5 Å². The molecule has 0 atom stereocenters. The minimum Gasteiger partial charge on any atom is -0.361 e. The lowest BCUT2D eigenvalue weighted by Gasteiger charge is -1.92. The number of rotatable bonds is 4. The van der Waals surface area contributed by atoms with Crippen molar-refractivity contribution in [3.63, 3.8) is 0 Å². The minimum atomic E-state index is 0.0820. The fraction of sp³-hybridized carbons (Fsp3) is 0.143. The van der Waals surface area contributed by atoms with E-state index >= 15 is 0 Å². The largest absolute Gasteiger partial charge is 0.361 e. The lowest BCUT2D eigenvalue weighted by Crippen LogP contribution is -2.05. The van der Waals surface area contributed by atoms with E-state index in [0.717, 1.165) is 4.83 Å². The summed E-state index contributed by atoms with van der Waals surface area (Å²) in [5, 5.41) is 0. The van der Waals surface area contributed by atoms with Gasteiger partial charge in [-0.25, -0.2) is 4.98 Å². The molecule has 6 nitrogen and oxygen atoms in total. The molecule has 0 aromatic carbocycles. The highest BCUT2D eigenvalue weighted by Gasteiger charge is 2.23. The molecule has 0 spiro atoms. The third-order valence-electron chi connectivity index (χ3n) is 3.07. The monoisotopic (exact) mass is 297 g/mol. The fourth-order valence-corrected chi connectivity index (χ4v) is 3.09. The molecule has 0 radical (unpaired) electrons. The second kappa shape index (κ2) is 5.40. The van der Waals surface area contributed by atoms with E-state index in [1.165, 1.54) is 11.3 Å². The number of carbonyl (C=O) groups excluding carboxylic acids is 1. The third-order valence-corrected chi connectivity index (χ3v) is 4.22. The van der Waals surface area contributed by atoms with Crippen LogP contribution in [-0.4, -0.2) is 30.7 Å². The molecule has 0 unspecified atom stereocenters. The molecule has 0 fully saturated rings. The molecule has 0 saturated heterocycles. The van der Waals surface area contributed by atoms with Crippen LogP contribution in [0.4, 0.5) is 0 Å². The quantitative estimate of drug-likeness (QED) is 0.321. The topological polar surface area (TPSA) is 83.7 Å². The molecule has 0 bridgehead atoms. The number of hydrogen-bond acceptors (Lipinski definition) is 4. The van der Waals surface area contributed by atoms with Crippen LogP contribution in [0.5, 0.6) is 0 Å².